The zero-order valence-corrected chi connectivity index (χ0v) is 13.7. The van der Waals surface area contributed by atoms with Gasteiger partial charge in [0.05, 0.1) is 0 Å². The summed E-state index contributed by atoms with van der Waals surface area (Å²) in [5.41, 5.74) is 0. The van der Waals surface area contributed by atoms with E-state index in [2.05, 4.69) is 12.2 Å². The summed E-state index contributed by atoms with van der Waals surface area (Å²) >= 11 is 0. The third-order valence-corrected chi connectivity index (χ3v) is 6.34. The molecule has 5 nitrogen and oxygen atoms in total. The van der Waals surface area contributed by atoms with Gasteiger partial charge in [-0.2, -0.15) is 17.0 Å². The summed E-state index contributed by atoms with van der Waals surface area (Å²) in [4.78, 5) is 0. The van der Waals surface area contributed by atoms with Crippen LogP contribution in [0.25, 0.3) is 0 Å². The molecule has 1 aliphatic heterocycles. The van der Waals surface area contributed by atoms with Crippen molar-refractivity contribution in [3.63, 3.8) is 0 Å². The van der Waals surface area contributed by atoms with Crippen molar-refractivity contribution < 1.29 is 8.42 Å². The SMILES string of the molecule is CCCCN(C1CC1)S(=O)(=O)N1CCCC(CNC)C1. The van der Waals surface area contributed by atoms with Crippen molar-refractivity contribution >= 4 is 10.2 Å². The normalized spacial score (nSPS) is 25.2. The van der Waals surface area contributed by atoms with E-state index in [0.29, 0.717) is 25.6 Å². The van der Waals surface area contributed by atoms with Crippen LogP contribution in [-0.4, -0.2) is 56.3 Å². The maximum Gasteiger partial charge on any atom is 0.282 e. The molecule has 1 unspecified atom stereocenters. The Labute approximate surface area is 123 Å². The fraction of sp³-hybridized carbons (Fsp3) is 1.00. The molecule has 0 bridgehead atoms. The summed E-state index contributed by atoms with van der Waals surface area (Å²) in [7, 11) is -1.31. The standard InChI is InChI=1S/C14H29N3O2S/c1-3-4-10-17(14-7-8-14)20(18,19)16-9-5-6-13(12-16)11-15-2/h13-15H,3-12H2,1-2H3. The molecule has 1 atom stereocenters. The molecule has 1 aliphatic carbocycles. The van der Waals surface area contributed by atoms with Crippen LogP contribution in [0, 0.1) is 5.92 Å². The van der Waals surface area contributed by atoms with E-state index < -0.39 is 10.2 Å². The maximum atomic E-state index is 12.9. The molecule has 2 aliphatic rings. The van der Waals surface area contributed by atoms with Crippen molar-refractivity contribution in [1.29, 1.82) is 0 Å². The van der Waals surface area contributed by atoms with Gasteiger partial charge in [-0.1, -0.05) is 13.3 Å². The van der Waals surface area contributed by atoms with E-state index in [9.17, 15) is 8.42 Å². The van der Waals surface area contributed by atoms with E-state index in [1.165, 1.54) is 0 Å². The molecular weight excluding hydrogens is 274 g/mol. The highest BCUT2D eigenvalue weighted by Crippen LogP contribution is 2.32. The molecule has 1 heterocycles. The molecule has 1 N–H and O–H groups in total. The highest BCUT2D eigenvalue weighted by atomic mass is 32.2. The molecule has 2 rings (SSSR count). The topological polar surface area (TPSA) is 52.7 Å². The quantitative estimate of drug-likeness (QED) is 0.738. The van der Waals surface area contributed by atoms with Crippen molar-refractivity contribution in [2.24, 2.45) is 5.92 Å². The largest absolute Gasteiger partial charge is 0.319 e. The molecule has 6 heteroatoms. The third-order valence-electron chi connectivity index (χ3n) is 4.28. The summed E-state index contributed by atoms with van der Waals surface area (Å²) in [5.74, 6) is 0.454. The average Bonchev–Trinajstić information content (AvgIpc) is 3.24. The molecule has 2 fully saturated rings. The highest BCUT2D eigenvalue weighted by molar-refractivity contribution is 7.86. The fourth-order valence-electron chi connectivity index (χ4n) is 3.00. The van der Waals surface area contributed by atoms with Gasteiger partial charge in [0.25, 0.3) is 10.2 Å². The van der Waals surface area contributed by atoms with Gasteiger partial charge in [-0.15, -0.1) is 0 Å². The summed E-state index contributed by atoms with van der Waals surface area (Å²) < 4.78 is 29.2. The van der Waals surface area contributed by atoms with Crippen LogP contribution in [0.15, 0.2) is 0 Å². The average molecular weight is 303 g/mol. The number of nitrogens with zero attached hydrogens (tertiary/aromatic N) is 2. The minimum atomic E-state index is -3.25. The van der Waals surface area contributed by atoms with Crippen LogP contribution in [0.5, 0.6) is 0 Å². The maximum absolute atomic E-state index is 12.9. The minimum absolute atomic E-state index is 0.274. The van der Waals surface area contributed by atoms with Gasteiger partial charge in [0, 0.05) is 25.7 Å². The Balaban J connectivity index is 2.02. The van der Waals surface area contributed by atoms with E-state index in [1.807, 2.05) is 7.05 Å². The predicted molar refractivity (Wildman–Crippen MR) is 81.8 cm³/mol. The van der Waals surface area contributed by atoms with Gasteiger partial charge >= 0.3 is 0 Å². The van der Waals surface area contributed by atoms with Crippen LogP contribution in [0.2, 0.25) is 0 Å². The Kier molecular flexibility index (Phi) is 5.84. The van der Waals surface area contributed by atoms with E-state index in [0.717, 1.165) is 45.1 Å². The molecule has 0 radical (unpaired) electrons. The van der Waals surface area contributed by atoms with Crippen molar-refractivity contribution in [1.82, 2.24) is 13.9 Å². The van der Waals surface area contributed by atoms with E-state index in [-0.39, 0.29) is 6.04 Å². The van der Waals surface area contributed by atoms with E-state index in [4.69, 9.17) is 0 Å². The second-order valence-corrected chi connectivity index (χ2v) is 8.01. The number of unbranched alkanes of at least 4 members (excludes halogenated alkanes) is 1. The molecule has 20 heavy (non-hydrogen) atoms. The number of rotatable bonds is 8. The molecule has 0 aromatic carbocycles. The van der Waals surface area contributed by atoms with Crippen LogP contribution in [0.1, 0.15) is 45.4 Å². The zero-order valence-electron chi connectivity index (χ0n) is 12.8. The Hall–Kier alpha value is -0.170. The molecule has 1 saturated heterocycles. The van der Waals surface area contributed by atoms with Crippen LogP contribution in [0.3, 0.4) is 0 Å². The van der Waals surface area contributed by atoms with E-state index >= 15 is 0 Å². The molecule has 1 saturated carbocycles. The molecule has 0 amide bonds. The monoisotopic (exact) mass is 303 g/mol. The molecule has 118 valence electrons. The highest BCUT2D eigenvalue weighted by Gasteiger charge is 2.41. The Morgan fingerprint density at radius 3 is 2.65 bits per heavy atom. The number of piperidine rings is 1. The number of hydrogen-bond donors (Lipinski definition) is 1. The van der Waals surface area contributed by atoms with Gasteiger partial charge in [0.15, 0.2) is 0 Å². The Morgan fingerprint density at radius 2 is 2.05 bits per heavy atom. The fourth-order valence-corrected chi connectivity index (χ4v) is 5.01. The predicted octanol–water partition coefficient (Wildman–Crippen LogP) is 1.43. The van der Waals surface area contributed by atoms with Crippen molar-refractivity contribution in [3.05, 3.63) is 0 Å². The molecule has 0 aromatic heterocycles. The van der Waals surface area contributed by atoms with Crippen LogP contribution in [-0.2, 0) is 10.2 Å². The summed E-state index contributed by atoms with van der Waals surface area (Å²) in [6, 6.07) is 0.274. The first kappa shape index (κ1) is 16.2. The summed E-state index contributed by atoms with van der Waals surface area (Å²) in [5, 5.41) is 3.17. The Bertz CT molecular complexity index is 393. The summed E-state index contributed by atoms with van der Waals surface area (Å²) in [6.45, 7) is 5.08. The van der Waals surface area contributed by atoms with Crippen LogP contribution < -0.4 is 5.32 Å². The van der Waals surface area contributed by atoms with Crippen molar-refractivity contribution in [2.45, 2.75) is 51.5 Å². The number of nitrogens with one attached hydrogen (secondary N) is 1. The molecular formula is C14H29N3O2S. The van der Waals surface area contributed by atoms with Gasteiger partial charge in [0.2, 0.25) is 0 Å². The second-order valence-electron chi connectivity index (χ2n) is 6.13. The van der Waals surface area contributed by atoms with Crippen molar-refractivity contribution in [3.8, 4) is 0 Å². The first-order valence-electron chi connectivity index (χ1n) is 8.01. The van der Waals surface area contributed by atoms with Gasteiger partial charge in [-0.05, 0) is 51.6 Å². The first-order valence-corrected chi connectivity index (χ1v) is 9.40. The summed E-state index contributed by atoms with van der Waals surface area (Å²) in [6.07, 6.45) is 6.20. The van der Waals surface area contributed by atoms with Crippen LogP contribution >= 0.6 is 0 Å². The van der Waals surface area contributed by atoms with E-state index in [1.54, 1.807) is 8.61 Å². The van der Waals surface area contributed by atoms with Crippen LogP contribution in [0.4, 0.5) is 0 Å². The number of hydrogen-bond acceptors (Lipinski definition) is 3. The molecule has 0 aromatic rings. The second kappa shape index (κ2) is 7.20. The zero-order chi connectivity index (χ0) is 14.6. The first-order chi connectivity index (χ1) is 9.59. The lowest BCUT2D eigenvalue weighted by atomic mass is 10.00. The molecule has 0 spiro atoms. The van der Waals surface area contributed by atoms with Gasteiger partial charge in [0.1, 0.15) is 0 Å². The van der Waals surface area contributed by atoms with Gasteiger partial charge < -0.3 is 5.32 Å². The third kappa shape index (κ3) is 3.93. The minimum Gasteiger partial charge on any atom is -0.319 e. The van der Waals surface area contributed by atoms with Crippen molar-refractivity contribution in [2.75, 3.05) is 33.2 Å². The lowest BCUT2D eigenvalue weighted by Crippen LogP contribution is -2.50. The lowest BCUT2D eigenvalue weighted by molar-refractivity contribution is 0.241. The van der Waals surface area contributed by atoms with Gasteiger partial charge in [-0.25, -0.2) is 0 Å². The van der Waals surface area contributed by atoms with Gasteiger partial charge in [-0.3, -0.25) is 0 Å². The lowest BCUT2D eigenvalue weighted by Gasteiger charge is -2.35. The smallest absolute Gasteiger partial charge is 0.282 e. The Morgan fingerprint density at radius 1 is 1.30 bits per heavy atom.